The van der Waals surface area contributed by atoms with E-state index in [1.807, 2.05) is 0 Å². The fraction of sp³-hybridized carbons (Fsp3) is 0.250. The van der Waals surface area contributed by atoms with Crippen LogP contribution >= 0.6 is 0 Å². The molecule has 0 spiro atoms. The second kappa shape index (κ2) is 6.27. The van der Waals surface area contributed by atoms with Gasteiger partial charge in [-0.15, -0.1) is 0 Å². The summed E-state index contributed by atoms with van der Waals surface area (Å²) in [5, 5.41) is 2.56. The van der Waals surface area contributed by atoms with Crippen LogP contribution in [0.2, 0.25) is 0 Å². The van der Waals surface area contributed by atoms with E-state index >= 15 is 0 Å². The van der Waals surface area contributed by atoms with Gasteiger partial charge in [0.25, 0.3) is 0 Å². The Hall–Kier alpha value is -2.55. The molecule has 0 saturated carbocycles. The van der Waals surface area contributed by atoms with Crippen LogP contribution in [0.5, 0.6) is 6.01 Å². The first kappa shape index (κ1) is 14.9. The normalized spacial score (nSPS) is 10.3. The number of aryl methyl sites for hydroxylation is 1. The van der Waals surface area contributed by atoms with E-state index in [1.54, 1.807) is 6.92 Å². The molecular weight excluding hydrogens is 282 g/mol. The number of anilines is 3. The van der Waals surface area contributed by atoms with Gasteiger partial charge in [-0.25, -0.2) is 14.6 Å². The van der Waals surface area contributed by atoms with Crippen molar-refractivity contribution in [1.82, 2.24) is 15.0 Å². The number of halogens is 2. The van der Waals surface area contributed by atoms with Crippen LogP contribution in [0, 0.1) is 18.6 Å². The molecule has 1 heterocycles. The Bertz CT molecular complexity index is 652. The number of nitrogens with two attached hydrogens (primary N) is 1. The van der Waals surface area contributed by atoms with Crippen LogP contribution < -0.4 is 21.3 Å². The van der Waals surface area contributed by atoms with E-state index in [2.05, 4.69) is 25.7 Å². The van der Waals surface area contributed by atoms with Gasteiger partial charge in [0.1, 0.15) is 11.6 Å². The minimum absolute atomic E-state index is 0.0101. The summed E-state index contributed by atoms with van der Waals surface area (Å²) < 4.78 is 32.4. The molecule has 0 fully saturated rings. The summed E-state index contributed by atoms with van der Waals surface area (Å²) in [5.41, 5.74) is 2.34. The molecule has 1 aromatic heterocycles. The highest BCUT2D eigenvalue weighted by Gasteiger charge is 2.11. The maximum absolute atomic E-state index is 13.8. The first-order chi connectivity index (χ1) is 10.0. The van der Waals surface area contributed by atoms with Crippen LogP contribution in [-0.2, 0) is 0 Å². The van der Waals surface area contributed by atoms with Crippen molar-refractivity contribution in [2.24, 2.45) is 5.84 Å². The summed E-state index contributed by atoms with van der Waals surface area (Å²) in [6.07, 6.45) is 0. The molecule has 0 atom stereocenters. The molecule has 0 aliphatic carbocycles. The third-order valence-electron chi connectivity index (χ3n) is 2.51. The van der Waals surface area contributed by atoms with Gasteiger partial charge in [0.15, 0.2) is 0 Å². The Balaban J connectivity index is 2.34. The highest BCUT2D eigenvalue weighted by molar-refractivity contribution is 5.56. The van der Waals surface area contributed by atoms with Gasteiger partial charge < -0.3 is 10.1 Å². The van der Waals surface area contributed by atoms with E-state index in [0.29, 0.717) is 6.61 Å². The van der Waals surface area contributed by atoms with Crippen molar-refractivity contribution < 1.29 is 13.5 Å². The Kier molecular flexibility index (Phi) is 4.43. The van der Waals surface area contributed by atoms with Crippen LogP contribution in [0.25, 0.3) is 0 Å². The summed E-state index contributed by atoms with van der Waals surface area (Å²) in [6, 6.07) is 2.10. The Labute approximate surface area is 119 Å². The summed E-state index contributed by atoms with van der Waals surface area (Å²) in [6.45, 7) is 3.55. The lowest BCUT2D eigenvalue weighted by Gasteiger charge is -2.10. The van der Waals surface area contributed by atoms with Crippen molar-refractivity contribution in [1.29, 1.82) is 0 Å². The lowest BCUT2D eigenvalue weighted by Crippen LogP contribution is -2.13. The molecule has 0 bridgehead atoms. The first-order valence-electron chi connectivity index (χ1n) is 6.11. The molecule has 7 nitrogen and oxygen atoms in total. The highest BCUT2D eigenvalue weighted by atomic mass is 19.1. The molecule has 0 unspecified atom stereocenters. The molecule has 0 aliphatic rings. The fourth-order valence-electron chi connectivity index (χ4n) is 1.53. The largest absolute Gasteiger partial charge is 0.464 e. The van der Waals surface area contributed by atoms with E-state index in [1.165, 1.54) is 6.92 Å². The van der Waals surface area contributed by atoms with Crippen molar-refractivity contribution in [2.75, 3.05) is 17.3 Å². The zero-order valence-electron chi connectivity index (χ0n) is 11.4. The predicted molar refractivity (Wildman–Crippen MR) is 73.2 cm³/mol. The molecule has 0 aliphatic heterocycles. The van der Waals surface area contributed by atoms with Crippen LogP contribution in [0.4, 0.5) is 26.4 Å². The molecule has 2 aromatic rings. The van der Waals surface area contributed by atoms with Gasteiger partial charge in [-0.3, -0.25) is 5.43 Å². The van der Waals surface area contributed by atoms with Crippen LogP contribution in [0.3, 0.4) is 0 Å². The average Bonchev–Trinajstić information content (AvgIpc) is 2.45. The van der Waals surface area contributed by atoms with Crippen LogP contribution in [-0.4, -0.2) is 21.6 Å². The molecule has 1 aromatic carbocycles. The Morgan fingerprint density at radius 2 is 1.86 bits per heavy atom. The lowest BCUT2D eigenvalue weighted by atomic mass is 10.2. The standard InChI is InChI=1S/C12H14F2N6O/c1-3-21-12-18-10(17-11(19-12)20-15)16-9-5-7(13)6(2)4-8(9)14/h4-5H,3,15H2,1-2H3,(H2,16,17,18,19,20). The fourth-order valence-corrected chi connectivity index (χ4v) is 1.53. The summed E-state index contributed by atoms with van der Waals surface area (Å²) >= 11 is 0. The number of ether oxygens (including phenoxy) is 1. The number of nitrogens with one attached hydrogen (secondary N) is 2. The monoisotopic (exact) mass is 296 g/mol. The van der Waals surface area contributed by atoms with Crippen LogP contribution in [0.15, 0.2) is 12.1 Å². The SMILES string of the molecule is CCOc1nc(NN)nc(Nc2cc(F)c(C)cc2F)n1. The molecule has 9 heteroatoms. The van der Waals surface area contributed by atoms with Gasteiger partial charge >= 0.3 is 6.01 Å². The van der Waals surface area contributed by atoms with Crippen molar-refractivity contribution >= 4 is 17.6 Å². The third kappa shape index (κ3) is 3.51. The molecule has 21 heavy (non-hydrogen) atoms. The van der Waals surface area contributed by atoms with Gasteiger partial charge in [-0.05, 0) is 25.5 Å². The molecule has 112 valence electrons. The minimum Gasteiger partial charge on any atom is -0.464 e. The average molecular weight is 296 g/mol. The zero-order valence-corrected chi connectivity index (χ0v) is 11.4. The van der Waals surface area contributed by atoms with Crippen LogP contribution in [0.1, 0.15) is 12.5 Å². The van der Waals surface area contributed by atoms with Gasteiger partial charge in [0.2, 0.25) is 11.9 Å². The van der Waals surface area contributed by atoms with E-state index in [9.17, 15) is 8.78 Å². The zero-order chi connectivity index (χ0) is 15.4. The molecule has 2 rings (SSSR count). The quantitative estimate of drug-likeness (QED) is 0.572. The van der Waals surface area contributed by atoms with Gasteiger partial charge in [0.05, 0.1) is 12.3 Å². The van der Waals surface area contributed by atoms with Crippen molar-refractivity contribution in [2.45, 2.75) is 13.8 Å². The molecular formula is C12H14F2N6O. The maximum Gasteiger partial charge on any atom is 0.323 e. The second-order valence-electron chi connectivity index (χ2n) is 4.05. The number of benzene rings is 1. The first-order valence-corrected chi connectivity index (χ1v) is 6.11. The van der Waals surface area contributed by atoms with E-state index in [-0.39, 0.29) is 29.2 Å². The predicted octanol–water partition coefficient (Wildman–Crippen LogP) is 1.89. The van der Waals surface area contributed by atoms with Crippen molar-refractivity contribution in [3.8, 4) is 6.01 Å². The smallest absolute Gasteiger partial charge is 0.323 e. The molecule has 0 amide bonds. The second-order valence-corrected chi connectivity index (χ2v) is 4.05. The number of rotatable bonds is 5. The van der Waals surface area contributed by atoms with E-state index in [4.69, 9.17) is 10.6 Å². The topological polar surface area (TPSA) is 98.0 Å². The number of nitrogens with zero attached hydrogens (tertiary/aromatic N) is 3. The molecule has 0 radical (unpaired) electrons. The Morgan fingerprint density at radius 3 is 2.52 bits per heavy atom. The van der Waals surface area contributed by atoms with Gasteiger partial charge in [-0.1, -0.05) is 0 Å². The lowest BCUT2D eigenvalue weighted by molar-refractivity contribution is 0.312. The van der Waals surface area contributed by atoms with Gasteiger partial charge in [-0.2, -0.15) is 15.0 Å². The summed E-state index contributed by atoms with van der Waals surface area (Å²) in [5.74, 6) is 4.06. The number of hydrogen-bond donors (Lipinski definition) is 3. The number of hydrazine groups is 1. The van der Waals surface area contributed by atoms with E-state index < -0.39 is 11.6 Å². The molecule has 4 N–H and O–H groups in total. The summed E-state index contributed by atoms with van der Waals surface area (Å²) in [7, 11) is 0. The number of aromatic nitrogens is 3. The minimum atomic E-state index is -0.630. The maximum atomic E-state index is 13.8. The third-order valence-corrected chi connectivity index (χ3v) is 2.51. The summed E-state index contributed by atoms with van der Waals surface area (Å²) in [4.78, 5) is 11.7. The Morgan fingerprint density at radius 1 is 1.14 bits per heavy atom. The van der Waals surface area contributed by atoms with Crippen molar-refractivity contribution in [3.63, 3.8) is 0 Å². The number of nitrogen functional groups attached to an aromatic ring is 1. The number of hydrogen-bond acceptors (Lipinski definition) is 7. The molecule has 0 saturated heterocycles. The van der Waals surface area contributed by atoms with E-state index in [0.717, 1.165) is 12.1 Å². The van der Waals surface area contributed by atoms with Gasteiger partial charge in [0, 0.05) is 6.07 Å². The highest BCUT2D eigenvalue weighted by Crippen LogP contribution is 2.22. The van der Waals surface area contributed by atoms with Crippen molar-refractivity contribution in [3.05, 3.63) is 29.3 Å².